The summed E-state index contributed by atoms with van der Waals surface area (Å²) in [6, 6.07) is 1.85. The van der Waals surface area contributed by atoms with Crippen molar-refractivity contribution in [2.75, 3.05) is 5.73 Å². The fourth-order valence-electron chi connectivity index (χ4n) is 2.15. The number of nitrogens with two attached hydrogens (primary N) is 1. The second kappa shape index (κ2) is 4.22. The Labute approximate surface area is 111 Å². The van der Waals surface area contributed by atoms with Crippen molar-refractivity contribution in [3.8, 4) is 0 Å². The highest BCUT2D eigenvalue weighted by Crippen LogP contribution is 2.24. The summed E-state index contributed by atoms with van der Waals surface area (Å²) in [6.07, 6.45) is 3.89. The van der Waals surface area contributed by atoms with Gasteiger partial charge in [0, 0.05) is 12.2 Å². The van der Waals surface area contributed by atoms with Gasteiger partial charge in [0.25, 0.3) is 0 Å². The summed E-state index contributed by atoms with van der Waals surface area (Å²) in [5.41, 5.74) is 8.32. The number of aromatic nitrogens is 3. The molecule has 6 heteroatoms. The Kier molecular flexibility index (Phi) is 2.66. The molecular formula is C13H17N5O. The van der Waals surface area contributed by atoms with E-state index < -0.39 is 6.04 Å². The molecule has 1 aliphatic carbocycles. The van der Waals surface area contributed by atoms with Gasteiger partial charge in [-0.05, 0) is 38.3 Å². The lowest BCUT2D eigenvalue weighted by molar-refractivity contribution is -0.123. The minimum absolute atomic E-state index is 0.0316. The number of carbonyl (C=O) groups is 1. The Morgan fingerprint density at radius 2 is 2.32 bits per heavy atom. The molecule has 2 aromatic heterocycles. The van der Waals surface area contributed by atoms with Crippen molar-refractivity contribution in [2.24, 2.45) is 0 Å². The van der Waals surface area contributed by atoms with Gasteiger partial charge in [-0.1, -0.05) is 0 Å². The van der Waals surface area contributed by atoms with Crippen LogP contribution in [-0.2, 0) is 4.79 Å². The van der Waals surface area contributed by atoms with Crippen LogP contribution in [0.4, 0.5) is 5.95 Å². The van der Waals surface area contributed by atoms with Gasteiger partial charge < -0.3 is 11.1 Å². The number of hydrogen-bond acceptors (Lipinski definition) is 4. The lowest BCUT2D eigenvalue weighted by Crippen LogP contribution is -2.33. The predicted molar refractivity (Wildman–Crippen MR) is 72.6 cm³/mol. The van der Waals surface area contributed by atoms with Gasteiger partial charge in [-0.2, -0.15) is 0 Å². The summed E-state index contributed by atoms with van der Waals surface area (Å²) in [5.74, 6) is 0.294. The number of hydrogen-bond donors (Lipinski definition) is 2. The maximum Gasteiger partial charge on any atom is 0.243 e. The van der Waals surface area contributed by atoms with Crippen molar-refractivity contribution >= 4 is 23.0 Å². The van der Waals surface area contributed by atoms with Gasteiger partial charge in [0.05, 0.1) is 0 Å². The third kappa shape index (κ3) is 2.14. The van der Waals surface area contributed by atoms with Crippen LogP contribution in [0.3, 0.4) is 0 Å². The first-order valence-corrected chi connectivity index (χ1v) is 6.46. The van der Waals surface area contributed by atoms with Crippen molar-refractivity contribution in [2.45, 2.75) is 38.8 Å². The summed E-state index contributed by atoms with van der Waals surface area (Å²) in [4.78, 5) is 20.7. The molecule has 2 aromatic rings. The number of anilines is 1. The lowest BCUT2D eigenvalue weighted by atomic mass is 10.3. The minimum Gasteiger partial charge on any atom is -0.369 e. The number of nitrogens with one attached hydrogen (secondary N) is 1. The van der Waals surface area contributed by atoms with Crippen molar-refractivity contribution in [1.29, 1.82) is 0 Å². The van der Waals surface area contributed by atoms with Crippen molar-refractivity contribution in [3.63, 3.8) is 0 Å². The van der Waals surface area contributed by atoms with E-state index in [1.807, 2.05) is 19.9 Å². The van der Waals surface area contributed by atoms with Crippen LogP contribution in [0.15, 0.2) is 12.3 Å². The van der Waals surface area contributed by atoms with Gasteiger partial charge in [-0.25, -0.2) is 9.97 Å². The molecule has 0 spiro atoms. The first kappa shape index (κ1) is 12.0. The largest absolute Gasteiger partial charge is 0.369 e. The first-order chi connectivity index (χ1) is 9.06. The highest BCUT2D eigenvalue weighted by atomic mass is 16.2. The number of fused-ring (bicyclic) bond motifs is 1. The van der Waals surface area contributed by atoms with Gasteiger partial charge in [0.15, 0.2) is 5.65 Å². The second-order valence-electron chi connectivity index (χ2n) is 5.15. The summed E-state index contributed by atoms with van der Waals surface area (Å²) >= 11 is 0. The highest BCUT2D eigenvalue weighted by molar-refractivity contribution is 5.84. The Balaban J connectivity index is 1.98. The van der Waals surface area contributed by atoms with Crippen LogP contribution in [0, 0.1) is 6.92 Å². The molecule has 0 radical (unpaired) electrons. The van der Waals surface area contributed by atoms with Crippen molar-refractivity contribution in [1.82, 2.24) is 19.9 Å². The molecular weight excluding hydrogens is 242 g/mol. The Morgan fingerprint density at radius 3 is 3.00 bits per heavy atom. The predicted octanol–water partition coefficient (Wildman–Crippen LogP) is 1.16. The van der Waals surface area contributed by atoms with Crippen molar-refractivity contribution in [3.05, 3.63) is 17.8 Å². The molecule has 2 heterocycles. The van der Waals surface area contributed by atoms with Crippen LogP contribution >= 0.6 is 0 Å². The van der Waals surface area contributed by atoms with E-state index in [9.17, 15) is 4.79 Å². The SMILES string of the molecule is Cc1cnc2c(c1)nc(N)n2C(C)C(=O)NC1CC1. The molecule has 19 heavy (non-hydrogen) atoms. The average Bonchev–Trinajstić information content (AvgIpc) is 3.10. The quantitative estimate of drug-likeness (QED) is 0.866. The number of nitrogens with zero attached hydrogens (tertiary/aromatic N) is 3. The van der Waals surface area contributed by atoms with E-state index in [0.717, 1.165) is 23.9 Å². The zero-order valence-electron chi connectivity index (χ0n) is 11.1. The van der Waals surface area contributed by atoms with Crippen molar-refractivity contribution < 1.29 is 4.79 Å². The third-order valence-electron chi connectivity index (χ3n) is 3.38. The molecule has 1 atom stereocenters. The van der Waals surface area contributed by atoms with Gasteiger partial charge in [-0.15, -0.1) is 0 Å². The van der Waals surface area contributed by atoms with Gasteiger partial charge in [0.1, 0.15) is 11.6 Å². The van der Waals surface area contributed by atoms with Crippen LogP contribution in [0.2, 0.25) is 0 Å². The number of rotatable bonds is 3. The summed E-state index contributed by atoms with van der Waals surface area (Å²) in [5, 5.41) is 2.97. The van der Waals surface area contributed by atoms with Crippen LogP contribution in [0.25, 0.3) is 11.2 Å². The summed E-state index contributed by atoms with van der Waals surface area (Å²) in [7, 11) is 0. The van der Waals surface area contributed by atoms with Gasteiger partial charge in [-0.3, -0.25) is 9.36 Å². The number of imidazole rings is 1. The number of nitrogen functional groups attached to an aromatic ring is 1. The van der Waals surface area contributed by atoms with Crippen LogP contribution in [0.5, 0.6) is 0 Å². The third-order valence-corrected chi connectivity index (χ3v) is 3.38. The molecule has 1 fully saturated rings. The van der Waals surface area contributed by atoms with Crippen LogP contribution in [0.1, 0.15) is 31.4 Å². The molecule has 3 rings (SSSR count). The monoisotopic (exact) mass is 259 g/mol. The number of carbonyl (C=O) groups excluding carboxylic acids is 1. The topological polar surface area (TPSA) is 85.8 Å². The molecule has 1 aliphatic rings. The molecule has 0 aliphatic heterocycles. The molecule has 0 aromatic carbocycles. The number of pyridine rings is 1. The summed E-state index contributed by atoms with van der Waals surface area (Å²) < 4.78 is 1.69. The van der Waals surface area contributed by atoms with Crippen LogP contribution < -0.4 is 11.1 Å². The molecule has 6 nitrogen and oxygen atoms in total. The zero-order valence-corrected chi connectivity index (χ0v) is 11.1. The number of amides is 1. The Hall–Kier alpha value is -2.11. The van der Waals surface area contributed by atoms with E-state index in [-0.39, 0.29) is 5.91 Å². The summed E-state index contributed by atoms with van der Waals surface area (Å²) in [6.45, 7) is 3.77. The molecule has 1 amide bonds. The highest BCUT2D eigenvalue weighted by Gasteiger charge is 2.28. The minimum atomic E-state index is -0.402. The zero-order chi connectivity index (χ0) is 13.6. The molecule has 3 N–H and O–H groups in total. The maximum atomic E-state index is 12.1. The fourth-order valence-corrected chi connectivity index (χ4v) is 2.15. The maximum absolute atomic E-state index is 12.1. The molecule has 0 bridgehead atoms. The molecule has 0 saturated heterocycles. The molecule has 1 saturated carbocycles. The van der Waals surface area contributed by atoms with Crippen LogP contribution in [-0.4, -0.2) is 26.5 Å². The van der Waals surface area contributed by atoms with E-state index in [0.29, 0.717) is 17.6 Å². The Morgan fingerprint density at radius 1 is 1.58 bits per heavy atom. The van der Waals surface area contributed by atoms with Gasteiger partial charge >= 0.3 is 0 Å². The van der Waals surface area contributed by atoms with E-state index >= 15 is 0 Å². The van der Waals surface area contributed by atoms with E-state index in [2.05, 4.69) is 15.3 Å². The first-order valence-electron chi connectivity index (χ1n) is 6.46. The second-order valence-corrected chi connectivity index (χ2v) is 5.15. The molecule has 1 unspecified atom stereocenters. The smallest absolute Gasteiger partial charge is 0.243 e. The van der Waals surface area contributed by atoms with E-state index in [1.54, 1.807) is 10.8 Å². The lowest BCUT2D eigenvalue weighted by Gasteiger charge is -2.15. The standard InChI is InChI=1S/C13H17N5O/c1-7-5-10-11(15-6-7)18(13(14)17-10)8(2)12(19)16-9-3-4-9/h5-6,8-9H,3-4H2,1-2H3,(H2,14,17)(H,16,19). The normalized spacial score (nSPS) is 16.5. The van der Waals surface area contributed by atoms with Gasteiger partial charge in [0.2, 0.25) is 11.9 Å². The molecule has 100 valence electrons. The average molecular weight is 259 g/mol. The Bertz CT molecular complexity index is 644. The van der Waals surface area contributed by atoms with E-state index in [4.69, 9.17) is 5.73 Å². The number of aryl methyl sites for hydroxylation is 1. The van der Waals surface area contributed by atoms with E-state index in [1.165, 1.54) is 0 Å². The fraction of sp³-hybridized carbons (Fsp3) is 0.462.